The van der Waals surface area contributed by atoms with Crippen LogP contribution in [-0.4, -0.2) is 29.6 Å². The molecule has 0 fully saturated rings. The molecule has 1 amide bonds. The highest BCUT2D eigenvalue weighted by atomic mass is 16.4. The first-order valence-corrected chi connectivity index (χ1v) is 6.39. The van der Waals surface area contributed by atoms with E-state index in [2.05, 4.69) is 5.32 Å². The molecule has 1 aromatic rings. The Morgan fingerprint density at radius 3 is 2.47 bits per heavy atom. The Hall–Kier alpha value is -1.88. The Bertz CT molecular complexity index is 406. The van der Waals surface area contributed by atoms with E-state index in [9.17, 15) is 9.59 Å². The lowest BCUT2D eigenvalue weighted by Gasteiger charge is -2.14. The first-order valence-electron chi connectivity index (χ1n) is 6.39. The monoisotopic (exact) mass is 264 g/mol. The fourth-order valence-electron chi connectivity index (χ4n) is 1.75. The molecule has 0 spiro atoms. The highest BCUT2D eigenvalue weighted by Gasteiger charge is 2.19. The number of rotatable bonds is 8. The average molecular weight is 264 g/mol. The number of carbonyl (C=O) groups is 2. The zero-order chi connectivity index (χ0) is 14.1. The predicted molar refractivity (Wildman–Crippen MR) is 72.6 cm³/mol. The molecule has 1 rings (SSSR count). The lowest BCUT2D eigenvalue weighted by molar-refractivity contribution is -0.141. The number of nitrogens with two attached hydrogens (primary N) is 1. The van der Waals surface area contributed by atoms with Crippen molar-refractivity contribution in [2.45, 2.75) is 31.7 Å². The first kappa shape index (κ1) is 15.2. The molecule has 0 heterocycles. The average Bonchev–Trinajstić information content (AvgIpc) is 2.39. The molecule has 0 aliphatic carbocycles. The highest BCUT2D eigenvalue weighted by Crippen LogP contribution is 2.04. The van der Waals surface area contributed by atoms with Crippen molar-refractivity contribution in [3.63, 3.8) is 0 Å². The Kier molecular flexibility index (Phi) is 6.60. The SMILES string of the molecule is NCCCCC(=O)N[C@H](Cc1ccccc1)C(=O)O. The Morgan fingerprint density at radius 1 is 1.21 bits per heavy atom. The maximum absolute atomic E-state index is 11.6. The van der Waals surface area contributed by atoms with Crippen LogP contribution in [0.25, 0.3) is 0 Å². The van der Waals surface area contributed by atoms with E-state index in [4.69, 9.17) is 10.8 Å². The van der Waals surface area contributed by atoms with Gasteiger partial charge in [-0.3, -0.25) is 4.79 Å². The van der Waals surface area contributed by atoms with E-state index in [1.54, 1.807) is 0 Å². The number of hydrogen-bond acceptors (Lipinski definition) is 3. The van der Waals surface area contributed by atoms with Crippen LogP contribution in [0.4, 0.5) is 0 Å². The van der Waals surface area contributed by atoms with Crippen LogP contribution in [-0.2, 0) is 16.0 Å². The van der Waals surface area contributed by atoms with E-state index >= 15 is 0 Å². The molecular weight excluding hydrogens is 244 g/mol. The van der Waals surface area contributed by atoms with Gasteiger partial charge in [0.25, 0.3) is 0 Å². The number of unbranched alkanes of at least 4 members (excludes halogenated alkanes) is 1. The van der Waals surface area contributed by atoms with Crippen molar-refractivity contribution in [3.8, 4) is 0 Å². The first-order chi connectivity index (χ1) is 9.13. The van der Waals surface area contributed by atoms with Gasteiger partial charge in [-0.05, 0) is 24.9 Å². The Morgan fingerprint density at radius 2 is 1.89 bits per heavy atom. The molecule has 104 valence electrons. The minimum Gasteiger partial charge on any atom is -0.480 e. The maximum Gasteiger partial charge on any atom is 0.326 e. The summed E-state index contributed by atoms with van der Waals surface area (Å²) in [6.45, 7) is 0.541. The summed E-state index contributed by atoms with van der Waals surface area (Å²) in [5.74, 6) is -1.26. The lowest BCUT2D eigenvalue weighted by Crippen LogP contribution is -2.42. The minimum atomic E-state index is -1.02. The second kappa shape index (κ2) is 8.26. The van der Waals surface area contributed by atoms with Crippen molar-refractivity contribution < 1.29 is 14.7 Å². The Balaban J connectivity index is 2.49. The second-order valence-electron chi connectivity index (χ2n) is 4.39. The van der Waals surface area contributed by atoms with E-state index in [0.29, 0.717) is 25.8 Å². The van der Waals surface area contributed by atoms with Crippen LogP contribution in [0, 0.1) is 0 Å². The second-order valence-corrected chi connectivity index (χ2v) is 4.39. The van der Waals surface area contributed by atoms with Crippen molar-refractivity contribution in [1.82, 2.24) is 5.32 Å². The fraction of sp³-hybridized carbons (Fsp3) is 0.429. The number of aliphatic carboxylic acids is 1. The summed E-state index contributed by atoms with van der Waals surface area (Å²) < 4.78 is 0. The summed E-state index contributed by atoms with van der Waals surface area (Å²) in [6.07, 6.45) is 2.05. The normalized spacial score (nSPS) is 11.8. The molecule has 5 heteroatoms. The van der Waals surface area contributed by atoms with Crippen LogP contribution >= 0.6 is 0 Å². The van der Waals surface area contributed by atoms with E-state index in [-0.39, 0.29) is 5.91 Å². The molecule has 4 N–H and O–H groups in total. The van der Waals surface area contributed by atoms with Crippen LogP contribution in [0.5, 0.6) is 0 Å². The summed E-state index contributed by atoms with van der Waals surface area (Å²) in [7, 11) is 0. The lowest BCUT2D eigenvalue weighted by atomic mass is 10.1. The van der Waals surface area contributed by atoms with Gasteiger partial charge in [0, 0.05) is 12.8 Å². The molecule has 19 heavy (non-hydrogen) atoms. The van der Waals surface area contributed by atoms with Gasteiger partial charge in [-0.15, -0.1) is 0 Å². The summed E-state index contributed by atoms with van der Waals surface area (Å²) in [6, 6.07) is 8.36. The molecule has 0 aliphatic rings. The minimum absolute atomic E-state index is 0.239. The zero-order valence-electron chi connectivity index (χ0n) is 10.8. The van der Waals surface area contributed by atoms with Gasteiger partial charge in [0.2, 0.25) is 5.91 Å². The van der Waals surface area contributed by atoms with Crippen LogP contribution in [0.15, 0.2) is 30.3 Å². The van der Waals surface area contributed by atoms with E-state index < -0.39 is 12.0 Å². The predicted octanol–water partition coefficient (Wildman–Crippen LogP) is 0.927. The molecule has 0 aliphatic heterocycles. The van der Waals surface area contributed by atoms with E-state index in [0.717, 1.165) is 12.0 Å². The van der Waals surface area contributed by atoms with Crippen LogP contribution in [0.3, 0.4) is 0 Å². The number of hydrogen-bond donors (Lipinski definition) is 3. The van der Waals surface area contributed by atoms with Gasteiger partial charge in [0.05, 0.1) is 0 Å². The number of benzene rings is 1. The van der Waals surface area contributed by atoms with Crippen molar-refractivity contribution in [2.24, 2.45) is 5.73 Å². The number of carboxylic acids is 1. The summed E-state index contributed by atoms with van der Waals surface area (Å²) in [5, 5.41) is 11.7. The summed E-state index contributed by atoms with van der Waals surface area (Å²) in [4.78, 5) is 22.7. The van der Waals surface area contributed by atoms with Crippen LogP contribution < -0.4 is 11.1 Å². The smallest absolute Gasteiger partial charge is 0.326 e. The molecule has 0 saturated heterocycles. The zero-order valence-corrected chi connectivity index (χ0v) is 10.8. The number of carbonyl (C=O) groups excluding carboxylic acids is 1. The van der Waals surface area contributed by atoms with Gasteiger partial charge < -0.3 is 16.2 Å². The van der Waals surface area contributed by atoms with E-state index in [1.807, 2.05) is 30.3 Å². The van der Waals surface area contributed by atoms with Crippen molar-refractivity contribution in [1.29, 1.82) is 0 Å². The molecule has 1 atom stereocenters. The quantitative estimate of drug-likeness (QED) is 0.609. The van der Waals surface area contributed by atoms with Gasteiger partial charge in [0.1, 0.15) is 6.04 Å². The van der Waals surface area contributed by atoms with Crippen molar-refractivity contribution >= 4 is 11.9 Å². The van der Waals surface area contributed by atoms with E-state index in [1.165, 1.54) is 0 Å². The topological polar surface area (TPSA) is 92.4 Å². The number of carboxylic acid groups (broad SMARTS) is 1. The molecule has 0 radical (unpaired) electrons. The number of nitrogens with one attached hydrogen (secondary N) is 1. The van der Waals surface area contributed by atoms with Gasteiger partial charge in [-0.1, -0.05) is 30.3 Å². The maximum atomic E-state index is 11.6. The van der Waals surface area contributed by atoms with Gasteiger partial charge in [0.15, 0.2) is 0 Å². The molecule has 0 unspecified atom stereocenters. The van der Waals surface area contributed by atoms with Crippen LogP contribution in [0.1, 0.15) is 24.8 Å². The molecule has 0 bridgehead atoms. The van der Waals surface area contributed by atoms with Gasteiger partial charge in [-0.25, -0.2) is 4.79 Å². The Labute approximate surface area is 112 Å². The molecule has 1 aromatic carbocycles. The molecule has 5 nitrogen and oxygen atoms in total. The fourth-order valence-corrected chi connectivity index (χ4v) is 1.75. The third kappa shape index (κ3) is 6.01. The standard InChI is InChI=1S/C14H20N2O3/c15-9-5-4-8-13(17)16-12(14(18)19)10-11-6-2-1-3-7-11/h1-3,6-7,12H,4-5,8-10,15H2,(H,16,17)(H,18,19)/t12-/m1/s1. The summed E-state index contributed by atoms with van der Waals surface area (Å²) >= 11 is 0. The molecule has 0 aromatic heterocycles. The molecule has 0 saturated carbocycles. The van der Waals surface area contributed by atoms with Crippen molar-refractivity contribution in [3.05, 3.63) is 35.9 Å². The third-order valence-corrected chi connectivity index (χ3v) is 2.77. The number of amides is 1. The molecular formula is C14H20N2O3. The van der Waals surface area contributed by atoms with Gasteiger partial charge in [-0.2, -0.15) is 0 Å². The van der Waals surface area contributed by atoms with Gasteiger partial charge >= 0.3 is 5.97 Å². The van der Waals surface area contributed by atoms with Crippen LogP contribution in [0.2, 0.25) is 0 Å². The summed E-state index contributed by atoms with van der Waals surface area (Å²) in [5.41, 5.74) is 6.23. The largest absolute Gasteiger partial charge is 0.480 e. The van der Waals surface area contributed by atoms with Crippen molar-refractivity contribution in [2.75, 3.05) is 6.54 Å². The third-order valence-electron chi connectivity index (χ3n) is 2.77. The highest BCUT2D eigenvalue weighted by molar-refractivity contribution is 5.83.